The van der Waals surface area contributed by atoms with Crippen LogP contribution in [0.2, 0.25) is 0 Å². The largest absolute Gasteiger partial charge is 0.454 e. The molecule has 2 aliphatic rings. The number of nitrogens with zero attached hydrogens (tertiary/aromatic N) is 2. The van der Waals surface area contributed by atoms with Crippen molar-refractivity contribution >= 4 is 11.8 Å². The van der Waals surface area contributed by atoms with Gasteiger partial charge >= 0.3 is 0 Å². The third-order valence-corrected chi connectivity index (χ3v) is 8.39. The van der Waals surface area contributed by atoms with Gasteiger partial charge in [-0.25, -0.2) is 4.39 Å². The SMILES string of the molecule is CCC(CC)C(=O)N(Cc1ccc(C(=O)NCc2ccc3c(c2)OCO3)cc1)C1CCN(Cc2ccc(F)cc2)CC1. The van der Waals surface area contributed by atoms with Crippen LogP contribution >= 0.6 is 0 Å². The number of hydrogen-bond donors (Lipinski definition) is 1. The van der Waals surface area contributed by atoms with E-state index in [9.17, 15) is 14.0 Å². The van der Waals surface area contributed by atoms with Gasteiger partial charge in [0.15, 0.2) is 11.5 Å². The number of benzene rings is 3. The lowest BCUT2D eigenvalue weighted by Crippen LogP contribution is -2.48. The van der Waals surface area contributed by atoms with Gasteiger partial charge in [0.1, 0.15) is 5.82 Å². The molecule has 2 heterocycles. The summed E-state index contributed by atoms with van der Waals surface area (Å²) in [5, 5.41) is 2.97. The molecule has 0 aromatic heterocycles. The third-order valence-electron chi connectivity index (χ3n) is 8.39. The molecule has 3 aromatic rings. The first-order valence-corrected chi connectivity index (χ1v) is 15.0. The first-order valence-electron chi connectivity index (χ1n) is 15.0. The van der Waals surface area contributed by atoms with Crippen LogP contribution < -0.4 is 14.8 Å². The molecule has 1 fully saturated rings. The summed E-state index contributed by atoms with van der Waals surface area (Å²) in [4.78, 5) is 31.0. The van der Waals surface area contributed by atoms with Crippen molar-refractivity contribution in [3.05, 3.63) is 94.8 Å². The van der Waals surface area contributed by atoms with Gasteiger partial charge < -0.3 is 19.7 Å². The standard InChI is InChI=1S/C34H40FN3O4/c1-3-27(4-2)34(40)38(30-15-17-37(18-16-30)21-24-7-12-29(35)13-8-24)22-25-5-10-28(11-6-25)33(39)36-20-26-9-14-31-32(19-26)42-23-41-31/h5-14,19,27,30H,3-4,15-18,20-23H2,1-2H3,(H,36,39). The van der Waals surface area contributed by atoms with Crippen molar-refractivity contribution in [2.45, 2.75) is 65.2 Å². The highest BCUT2D eigenvalue weighted by Crippen LogP contribution is 2.32. The van der Waals surface area contributed by atoms with Crippen LogP contribution in [-0.4, -0.2) is 47.5 Å². The van der Waals surface area contributed by atoms with Crippen LogP contribution in [0.4, 0.5) is 4.39 Å². The number of amides is 2. The number of fused-ring (bicyclic) bond motifs is 1. The highest BCUT2D eigenvalue weighted by molar-refractivity contribution is 5.94. The number of ether oxygens (including phenoxy) is 2. The molecular weight excluding hydrogens is 533 g/mol. The average Bonchev–Trinajstić information content (AvgIpc) is 3.49. The van der Waals surface area contributed by atoms with E-state index in [1.54, 1.807) is 0 Å². The lowest BCUT2D eigenvalue weighted by atomic mass is 9.96. The van der Waals surface area contributed by atoms with E-state index < -0.39 is 0 Å². The van der Waals surface area contributed by atoms with Gasteiger partial charge in [0, 0.05) is 50.2 Å². The van der Waals surface area contributed by atoms with Crippen LogP contribution in [0.5, 0.6) is 11.5 Å². The second-order valence-corrected chi connectivity index (χ2v) is 11.2. The fourth-order valence-electron chi connectivity index (χ4n) is 5.79. The zero-order valence-electron chi connectivity index (χ0n) is 24.5. The van der Waals surface area contributed by atoms with Gasteiger partial charge in [-0.2, -0.15) is 0 Å². The summed E-state index contributed by atoms with van der Waals surface area (Å²) in [5.41, 5.74) is 3.62. The van der Waals surface area contributed by atoms with E-state index in [1.165, 1.54) is 12.1 Å². The molecule has 0 atom stereocenters. The van der Waals surface area contributed by atoms with Crippen LogP contribution in [-0.2, 0) is 24.4 Å². The Hall–Kier alpha value is -3.91. The predicted molar refractivity (Wildman–Crippen MR) is 159 cm³/mol. The lowest BCUT2D eigenvalue weighted by molar-refractivity contribution is -0.140. The Labute approximate surface area is 247 Å². The Bertz CT molecular complexity index is 1350. The monoisotopic (exact) mass is 573 g/mol. The number of carbonyl (C=O) groups excluding carboxylic acids is 2. The second kappa shape index (κ2) is 13.8. The highest BCUT2D eigenvalue weighted by Gasteiger charge is 2.31. The summed E-state index contributed by atoms with van der Waals surface area (Å²) in [7, 11) is 0. The molecule has 1 saturated heterocycles. The molecule has 7 nitrogen and oxygen atoms in total. The van der Waals surface area contributed by atoms with E-state index in [0.29, 0.717) is 30.2 Å². The molecule has 0 radical (unpaired) electrons. The number of piperidine rings is 1. The van der Waals surface area contributed by atoms with Crippen LogP contribution in [0.3, 0.4) is 0 Å². The number of carbonyl (C=O) groups is 2. The maximum absolute atomic E-state index is 13.7. The van der Waals surface area contributed by atoms with Crippen molar-refractivity contribution in [1.82, 2.24) is 15.1 Å². The van der Waals surface area contributed by atoms with Gasteiger partial charge in [-0.1, -0.05) is 44.2 Å². The van der Waals surface area contributed by atoms with E-state index >= 15 is 0 Å². The van der Waals surface area contributed by atoms with E-state index in [4.69, 9.17) is 9.47 Å². The maximum Gasteiger partial charge on any atom is 0.251 e. The van der Waals surface area contributed by atoms with Gasteiger partial charge in [0.2, 0.25) is 12.7 Å². The highest BCUT2D eigenvalue weighted by atomic mass is 19.1. The summed E-state index contributed by atoms with van der Waals surface area (Å²) in [5.74, 6) is 1.25. The zero-order chi connectivity index (χ0) is 29.5. The number of nitrogens with one attached hydrogen (secondary N) is 1. The molecule has 0 aliphatic carbocycles. The van der Waals surface area contributed by atoms with Gasteiger partial charge in [-0.05, 0) is 78.8 Å². The minimum Gasteiger partial charge on any atom is -0.454 e. The summed E-state index contributed by atoms with van der Waals surface area (Å²) >= 11 is 0. The third kappa shape index (κ3) is 7.29. The van der Waals surface area contributed by atoms with Crippen LogP contribution in [0.15, 0.2) is 66.7 Å². The minimum absolute atomic E-state index is 0.00322. The minimum atomic E-state index is -0.220. The van der Waals surface area contributed by atoms with Crippen molar-refractivity contribution in [3.8, 4) is 11.5 Å². The Morgan fingerprint density at radius 2 is 1.55 bits per heavy atom. The normalized spacial score (nSPS) is 15.1. The van der Waals surface area contributed by atoms with E-state index in [2.05, 4.69) is 29.0 Å². The van der Waals surface area contributed by atoms with Crippen molar-refractivity contribution in [3.63, 3.8) is 0 Å². The molecule has 222 valence electrons. The van der Waals surface area contributed by atoms with Crippen molar-refractivity contribution in [1.29, 1.82) is 0 Å². The van der Waals surface area contributed by atoms with Crippen LogP contribution in [0, 0.1) is 11.7 Å². The van der Waals surface area contributed by atoms with Crippen molar-refractivity contribution in [2.24, 2.45) is 5.92 Å². The molecule has 2 aliphatic heterocycles. The molecule has 0 bridgehead atoms. The molecule has 0 unspecified atom stereocenters. The molecule has 3 aromatic carbocycles. The van der Waals surface area contributed by atoms with Crippen LogP contribution in [0.25, 0.3) is 0 Å². The van der Waals surface area contributed by atoms with Gasteiger partial charge in [-0.3, -0.25) is 14.5 Å². The van der Waals surface area contributed by atoms with E-state index in [-0.39, 0.29) is 36.4 Å². The zero-order valence-corrected chi connectivity index (χ0v) is 24.5. The van der Waals surface area contributed by atoms with E-state index in [0.717, 1.165) is 62.0 Å². The van der Waals surface area contributed by atoms with Gasteiger partial charge in [0.25, 0.3) is 5.91 Å². The Kier molecular flexibility index (Phi) is 9.74. The smallest absolute Gasteiger partial charge is 0.251 e. The first-order chi connectivity index (χ1) is 20.4. The quantitative estimate of drug-likeness (QED) is 0.309. The molecule has 0 saturated carbocycles. The van der Waals surface area contributed by atoms with Gasteiger partial charge in [0.05, 0.1) is 0 Å². The first kappa shape index (κ1) is 29.6. The fraction of sp³-hybridized carbons (Fsp3) is 0.412. The molecule has 0 spiro atoms. The topological polar surface area (TPSA) is 71.1 Å². The predicted octanol–water partition coefficient (Wildman–Crippen LogP) is 5.91. The number of likely N-dealkylation sites (tertiary alicyclic amines) is 1. The Balaban J connectivity index is 1.19. The molecule has 8 heteroatoms. The Morgan fingerprint density at radius 3 is 2.24 bits per heavy atom. The summed E-state index contributed by atoms with van der Waals surface area (Å²) in [6, 6.07) is 20.1. The number of halogens is 1. The maximum atomic E-state index is 13.7. The van der Waals surface area contributed by atoms with Crippen LogP contribution in [0.1, 0.15) is 66.6 Å². The van der Waals surface area contributed by atoms with Gasteiger partial charge in [-0.15, -0.1) is 0 Å². The number of rotatable bonds is 11. The number of hydrogen-bond acceptors (Lipinski definition) is 5. The summed E-state index contributed by atoms with van der Waals surface area (Å²) in [6.45, 7) is 7.83. The average molecular weight is 574 g/mol. The summed E-state index contributed by atoms with van der Waals surface area (Å²) < 4.78 is 24.1. The molecule has 42 heavy (non-hydrogen) atoms. The van der Waals surface area contributed by atoms with E-state index in [1.807, 2.05) is 54.6 Å². The van der Waals surface area contributed by atoms with Crippen molar-refractivity contribution < 1.29 is 23.5 Å². The molecule has 1 N–H and O–H groups in total. The van der Waals surface area contributed by atoms with Crippen molar-refractivity contribution in [2.75, 3.05) is 19.9 Å². The molecule has 5 rings (SSSR count). The Morgan fingerprint density at radius 1 is 0.905 bits per heavy atom. The fourth-order valence-corrected chi connectivity index (χ4v) is 5.79. The second-order valence-electron chi connectivity index (χ2n) is 11.2. The summed E-state index contributed by atoms with van der Waals surface area (Å²) in [6.07, 6.45) is 3.43. The lowest BCUT2D eigenvalue weighted by Gasteiger charge is -2.40. The molecular formula is C34H40FN3O4. The molecule has 2 amide bonds.